The van der Waals surface area contributed by atoms with Crippen LogP contribution in [-0.4, -0.2) is 57.8 Å². The predicted octanol–water partition coefficient (Wildman–Crippen LogP) is -0.126. The number of carboxylic acids is 2. The molecule has 0 bridgehead atoms. The van der Waals surface area contributed by atoms with Crippen molar-refractivity contribution in [3.8, 4) is 0 Å². The molecule has 0 aliphatic heterocycles. The van der Waals surface area contributed by atoms with Crippen molar-refractivity contribution in [1.29, 1.82) is 0 Å². The van der Waals surface area contributed by atoms with Crippen LogP contribution in [0, 0.1) is 0 Å². The summed E-state index contributed by atoms with van der Waals surface area (Å²) in [4.78, 5) is 19.2. The van der Waals surface area contributed by atoms with Gasteiger partial charge in [-0.25, -0.2) is 9.59 Å². The van der Waals surface area contributed by atoms with Crippen LogP contribution in [-0.2, 0) is 9.59 Å². The lowest BCUT2D eigenvalue weighted by atomic mass is 10.4. The van der Waals surface area contributed by atoms with E-state index in [1.807, 2.05) is 0 Å². The average molecular weight is 266 g/mol. The Bertz CT molecular complexity index is 196. The van der Waals surface area contributed by atoms with Crippen LogP contribution in [0.3, 0.4) is 0 Å². The Morgan fingerprint density at radius 3 is 0.944 bits per heavy atom. The summed E-state index contributed by atoms with van der Waals surface area (Å²) >= 11 is 0. The number of carboxylic acid groups (broad SMARTS) is 2. The molecule has 18 heavy (non-hydrogen) atoms. The van der Waals surface area contributed by atoms with Gasteiger partial charge >= 0.3 is 11.9 Å². The third-order valence-electron chi connectivity index (χ3n) is 0.830. The fourth-order valence-electron chi connectivity index (χ4n) is 0. The third-order valence-corrected chi connectivity index (χ3v) is 0.830. The van der Waals surface area contributed by atoms with E-state index in [4.69, 9.17) is 25.5 Å². The fourth-order valence-corrected chi connectivity index (χ4v) is 0. The summed E-state index contributed by atoms with van der Waals surface area (Å²) in [6.07, 6.45) is 0. The minimum Gasteiger partial charge on any atom is -0.478 e. The molecule has 0 aromatic rings. The van der Waals surface area contributed by atoms with Crippen molar-refractivity contribution < 1.29 is 35.1 Å². The van der Waals surface area contributed by atoms with Crippen molar-refractivity contribution in [3.63, 3.8) is 0 Å². The van der Waals surface area contributed by atoms with Crippen molar-refractivity contribution in [2.75, 3.05) is 20.3 Å². The molecule has 0 saturated carbocycles. The highest BCUT2D eigenvalue weighted by Crippen LogP contribution is 1.81. The van der Waals surface area contributed by atoms with Crippen molar-refractivity contribution in [3.05, 3.63) is 24.3 Å². The summed E-state index contributed by atoms with van der Waals surface area (Å²) in [5, 5.41) is 38.0. The Labute approximate surface area is 106 Å². The summed E-state index contributed by atoms with van der Waals surface area (Å²) in [6.45, 7) is 8.95. The number of carbonyl (C=O) groups is 2. The molecule has 0 saturated heterocycles. The van der Waals surface area contributed by atoms with E-state index in [1.54, 1.807) is 0 Å². The normalized spacial score (nSPS) is 7.00. The van der Waals surface area contributed by atoms with Gasteiger partial charge in [-0.2, -0.15) is 0 Å². The van der Waals surface area contributed by atoms with E-state index in [0.717, 1.165) is 7.11 Å². The summed E-state index contributed by atoms with van der Waals surface area (Å²) in [6, 6.07) is 0. The van der Waals surface area contributed by atoms with Gasteiger partial charge in [0.05, 0.1) is 13.2 Å². The second-order valence-corrected chi connectivity index (χ2v) is 2.62. The summed E-state index contributed by atoms with van der Waals surface area (Å²) in [5.74, 6) is -1.87. The maximum Gasteiger partial charge on any atom is 0.330 e. The van der Waals surface area contributed by atoms with E-state index < -0.39 is 11.9 Å². The Hall–Kier alpha value is -1.70. The number of hydrogen-bond acceptors (Lipinski definition) is 5. The van der Waals surface area contributed by atoms with Crippen LogP contribution in [0.25, 0.3) is 0 Å². The highest BCUT2D eigenvalue weighted by Gasteiger charge is 1.90. The molecule has 0 amide bonds. The lowest BCUT2D eigenvalue weighted by molar-refractivity contribution is -0.133. The molecular formula is C11H22O7. The van der Waals surface area contributed by atoms with Crippen LogP contribution in [0.4, 0.5) is 0 Å². The summed E-state index contributed by atoms with van der Waals surface area (Å²) in [5.41, 5.74) is 0.352. The van der Waals surface area contributed by atoms with Gasteiger partial charge in [-0.1, -0.05) is 13.2 Å². The second kappa shape index (κ2) is 20.7. The molecule has 0 aromatic heterocycles. The molecule has 108 valence electrons. The second-order valence-electron chi connectivity index (χ2n) is 2.62. The lowest BCUT2D eigenvalue weighted by Gasteiger charge is -1.79. The van der Waals surface area contributed by atoms with Crippen molar-refractivity contribution in [1.82, 2.24) is 0 Å². The topological polar surface area (TPSA) is 135 Å². The molecule has 5 N–H and O–H groups in total. The van der Waals surface area contributed by atoms with Crippen LogP contribution >= 0.6 is 0 Å². The monoisotopic (exact) mass is 266 g/mol. The first-order valence-corrected chi connectivity index (χ1v) is 4.64. The average Bonchev–Trinajstić information content (AvgIpc) is 2.32. The largest absolute Gasteiger partial charge is 0.478 e. The Balaban J connectivity index is -0.0000000777. The van der Waals surface area contributed by atoms with Gasteiger partial charge in [-0.05, 0) is 13.8 Å². The Morgan fingerprint density at radius 1 is 0.833 bits per heavy atom. The zero-order valence-electron chi connectivity index (χ0n) is 10.9. The molecular weight excluding hydrogens is 244 g/mol. The first-order chi connectivity index (χ1) is 8.20. The molecule has 0 spiro atoms. The van der Waals surface area contributed by atoms with Crippen LogP contribution in [0.5, 0.6) is 0 Å². The SMILES string of the molecule is C=C(C)C(=O)O.C=C(C)C(=O)O.CO.OCCO. The van der Waals surface area contributed by atoms with E-state index in [0.29, 0.717) is 0 Å². The van der Waals surface area contributed by atoms with Gasteiger partial charge in [-0.3, -0.25) is 0 Å². The maximum absolute atomic E-state index is 9.60. The van der Waals surface area contributed by atoms with Gasteiger partial charge < -0.3 is 25.5 Å². The van der Waals surface area contributed by atoms with Crippen LogP contribution in [0.2, 0.25) is 0 Å². The first-order valence-electron chi connectivity index (χ1n) is 4.64. The Morgan fingerprint density at radius 2 is 0.944 bits per heavy atom. The molecule has 0 aliphatic carbocycles. The van der Waals surface area contributed by atoms with Crippen LogP contribution < -0.4 is 0 Å². The van der Waals surface area contributed by atoms with Crippen molar-refractivity contribution in [2.24, 2.45) is 0 Å². The molecule has 0 heterocycles. The van der Waals surface area contributed by atoms with E-state index in [1.165, 1.54) is 13.8 Å². The molecule has 0 rings (SSSR count). The highest BCUT2D eigenvalue weighted by molar-refractivity contribution is 5.85. The molecule has 0 atom stereocenters. The zero-order valence-corrected chi connectivity index (χ0v) is 10.9. The van der Waals surface area contributed by atoms with Crippen LogP contribution in [0.1, 0.15) is 13.8 Å². The van der Waals surface area contributed by atoms with Crippen molar-refractivity contribution in [2.45, 2.75) is 13.8 Å². The van der Waals surface area contributed by atoms with E-state index >= 15 is 0 Å². The number of aliphatic hydroxyl groups is 3. The molecule has 0 radical (unpaired) electrons. The maximum atomic E-state index is 9.60. The standard InChI is InChI=1S/2C4H6O2.C2H6O2.CH4O/c2*1-3(2)4(5)6;3-1-2-4;1-2/h2*1H2,2H3,(H,5,6);3-4H,1-2H2;2H,1H3. The minimum absolute atomic E-state index is 0.125. The number of rotatable bonds is 3. The van der Waals surface area contributed by atoms with E-state index in [9.17, 15) is 9.59 Å². The molecule has 0 aromatic carbocycles. The van der Waals surface area contributed by atoms with E-state index in [-0.39, 0.29) is 24.4 Å². The molecule has 0 unspecified atom stereocenters. The van der Waals surface area contributed by atoms with Gasteiger partial charge in [0.1, 0.15) is 0 Å². The number of aliphatic hydroxyl groups excluding tert-OH is 3. The predicted molar refractivity (Wildman–Crippen MR) is 67.2 cm³/mol. The fraction of sp³-hybridized carbons (Fsp3) is 0.455. The Kier molecular flexibility index (Phi) is 29.0. The molecule has 0 fully saturated rings. The molecule has 7 heteroatoms. The lowest BCUT2D eigenvalue weighted by Crippen LogP contribution is -1.92. The van der Waals surface area contributed by atoms with E-state index in [2.05, 4.69) is 13.2 Å². The summed E-state index contributed by atoms with van der Waals surface area (Å²) < 4.78 is 0. The smallest absolute Gasteiger partial charge is 0.330 e. The van der Waals surface area contributed by atoms with Gasteiger partial charge in [0.15, 0.2) is 0 Å². The first kappa shape index (κ1) is 25.2. The van der Waals surface area contributed by atoms with Crippen LogP contribution in [0.15, 0.2) is 24.3 Å². The van der Waals surface area contributed by atoms with Gasteiger partial charge in [0.2, 0.25) is 0 Å². The van der Waals surface area contributed by atoms with Crippen molar-refractivity contribution >= 4 is 11.9 Å². The van der Waals surface area contributed by atoms with Gasteiger partial charge in [0, 0.05) is 18.3 Å². The number of aliphatic carboxylic acids is 2. The zero-order chi connectivity index (χ0) is 15.7. The number of hydrogen-bond donors (Lipinski definition) is 5. The molecule has 0 aliphatic rings. The third kappa shape index (κ3) is 47.5. The minimum atomic E-state index is -0.935. The summed E-state index contributed by atoms with van der Waals surface area (Å²) in [7, 11) is 1.00. The quantitative estimate of drug-likeness (QED) is 0.449. The van der Waals surface area contributed by atoms with Gasteiger partial charge in [-0.15, -0.1) is 0 Å². The van der Waals surface area contributed by atoms with Gasteiger partial charge in [0.25, 0.3) is 0 Å². The highest BCUT2D eigenvalue weighted by atomic mass is 16.4. The molecule has 7 nitrogen and oxygen atoms in total.